The summed E-state index contributed by atoms with van der Waals surface area (Å²) in [5.74, 6) is 0.497. The number of amides is 2. The van der Waals surface area contributed by atoms with Gasteiger partial charge in [-0.1, -0.05) is 23.2 Å². The van der Waals surface area contributed by atoms with Crippen molar-refractivity contribution in [2.75, 3.05) is 17.7 Å². The van der Waals surface area contributed by atoms with E-state index in [4.69, 9.17) is 27.9 Å². The van der Waals surface area contributed by atoms with Crippen LogP contribution in [0.5, 0.6) is 5.75 Å². The van der Waals surface area contributed by atoms with Crippen molar-refractivity contribution in [2.24, 2.45) is 0 Å². The first-order chi connectivity index (χ1) is 9.99. The Kier molecular flexibility index (Phi) is 4.94. The summed E-state index contributed by atoms with van der Waals surface area (Å²) < 4.78 is 5.20. The van der Waals surface area contributed by atoms with Crippen LogP contribution in [0.15, 0.2) is 36.4 Å². The number of nitrogens with one attached hydrogen (secondary N) is 2. The summed E-state index contributed by atoms with van der Waals surface area (Å²) in [6.45, 7) is 1.85. The lowest BCUT2D eigenvalue weighted by Crippen LogP contribution is -2.19. The summed E-state index contributed by atoms with van der Waals surface area (Å²) in [6.07, 6.45) is 0. The maximum Gasteiger partial charge on any atom is 0.323 e. The van der Waals surface area contributed by atoms with Gasteiger partial charge in [0.05, 0.1) is 12.8 Å². The maximum absolute atomic E-state index is 12.0. The van der Waals surface area contributed by atoms with Gasteiger partial charge in [-0.05, 0) is 42.8 Å². The molecule has 2 aromatic rings. The van der Waals surface area contributed by atoms with E-state index >= 15 is 0 Å². The summed E-state index contributed by atoms with van der Waals surface area (Å²) in [6, 6.07) is 9.86. The van der Waals surface area contributed by atoms with Gasteiger partial charge in [0.25, 0.3) is 0 Å². The quantitative estimate of drug-likeness (QED) is 0.838. The molecular formula is C15H14Cl2N2O2. The number of ether oxygens (including phenoxy) is 1. The molecule has 0 atom stereocenters. The van der Waals surface area contributed by atoms with E-state index in [9.17, 15) is 4.79 Å². The second-order valence-electron chi connectivity index (χ2n) is 4.39. The highest BCUT2D eigenvalue weighted by atomic mass is 35.5. The number of methoxy groups -OCH3 is 1. The number of aryl methyl sites for hydroxylation is 1. The summed E-state index contributed by atoms with van der Waals surface area (Å²) in [7, 11) is 1.52. The molecule has 6 heteroatoms. The molecule has 0 aromatic heterocycles. The molecular weight excluding hydrogens is 311 g/mol. The summed E-state index contributed by atoms with van der Waals surface area (Å²) in [5.41, 5.74) is 2.03. The number of rotatable bonds is 3. The Labute approximate surface area is 133 Å². The average Bonchev–Trinajstić information content (AvgIpc) is 2.45. The Morgan fingerprint density at radius 2 is 1.76 bits per heavy atom. The van der Waals surface area contributed by atoms with E-state index in [0.717, 1.165) is 5.56 Å². The molecule has 2 aromatic carbocycles. The number of urea groups is 1. The average molecular weight is 325 g/mol. The minimum absolute atomic E-state index is 0.377. The fraction of sp³-hybridized carbons (Fsp3) is 0.133. The number of carbonyl (C=O) groups excluding carboxylic acids is 1. The smallest absolute Gasteiger partial charge is 0.323 e. The number of anilines is 2. The molecule has 4 nitrogen and oxygen atoms in total. The van der Waals surface area contributed by atoms with Crippen LogP contribution >= 0.6 is 23.2 Å². The van der Waals surface area contributed by atoms with E-state index < -0.39 is 0 Å². The van der Waals surface area contributed by atoms with Crippen molar-refractivity contribution < 1.29 is 9.53 Å². The monoisotopic (exact) mass is 324 g/mol. The van der Waals surface area contributed by atoms with Gasteiger partial charge in [0.15, 0.2) is 0 Å². The van der Waals surface area contributed by atoms with Crippen LogP contribution in [0.2, 0.25) is 10.0 Å². The minimum Gasteiger partial charge on any atom is -0.495 e. The second-order valence-corrected chi connectivity index (χ2v) is 5.23. The number of carbonyl (C=O) groups is 1. The fourth-order valence-corrected chi connectivity index (χ4v) is 2.03. The van der Waals surface area contributed by atoms with E-state index in [1.165, 1.54) is 7.11 Å². The van der Waals surface area contributed by atoms with Crippen LogP contribution in [-0.2, 0) is 0 Å². The molecule has 0 aliphatic rings. The Morgan fingerprint density at radius 3 is 2.38 bits per heavy atom. The highest BCUT2D eigenvalue weighted by molar-refractivity contribution is 6.31. The van der Waals surface area contributed by atoms with Gasteiger partial charge in [-0.25, -0.2) is 4.79 Å². The molecule has 0 aliphatic heterocycles. The first-order valence-corrected chi connectivity index (χ1v) is 6.93. The van der Waals surface area contributed by atoms with Crippen LogP contribution in [0.3, 0.4) is 0 Å². The molecule has 0 unspecified atom stereocenters. The van der Waals surface area contributed by atoms with Crippen LogP contribution in [0.25, 0.3) is 0 Å². The first-order valence-electron chi connectivity index (χ1n) is 6.17. The predicted molar refractivity (Wildman–Crippen MR) is 86.8 cm³/mol. The Morgan fingerprint density at radius 1 is 1.10 bits per heavy atom. The van der Waals surface area contributed by atoms with Crippen molar-refractivity contribution in [3.05, 3.63) is 52.0 Å². The van der Waals surface area contributed by atoms with Crippen LogP contribution in [0.4, 0.5) is 16.2 Å². The van der Waals surface area contributed by atoms with Crippen molar-refractivity contribution in [2.45, 2.75) is 6.92 Å². The zero-order chi connectivity index (χ0) is 15.4. The number of benzene rings is 2. The summed E-state index contributed by atoms with van der Waals surface area (Å²) >= 11 is 11.8. The molecule has 0 aliphatic carbocycles. The molecule has 0 radical (unpaired) electrons. The standard InChI is InChI=1S/C15H14Cl2N2O2/c1-9-7-13(14(21-2)8-12(9)17)19-15(20)18-11-5-3-10(16)4-6-11/h3-8H,1-2H3,(H2,18,19,20). The van der Waals surface area contributed by atoms with E-state index in [-0.39, 0.29) is 6.03 Å². The largest absolute Gasteiger partial charge is 0.495 e. The SMILES string of the molecule is COc1cc(Cl)c(C)cc1NC(=O)Nc1ccc(Cl)cc1. The third-order valence-electron chi connectivity index (χ3n) is 2.83. The fourth-order valence-electron chi connectivity index (χ4n) is 1.75. The van der Waals surface area contributed by atoms with Gasteiger partial charge in [0.1, 0.15) is 5.75 Å². The van der Waals surface area contributed by atoms with Crippen molar-refractivity contribution in [3.63, 3.8) is 0 Å². The van der Waals surface area contributed by atoms with Crippen molar-refractivity contribution in [1.82, 2.24) is 0 Å². The predicted octanol–water partition coefficient (Wildman–Crippen LogP) is 4.95. The molecule has 0 saturated carbocycles. The Bertz CT molecular complexity index is 657. The van der Waals surface area contributed by atoms with E-state index in [1.807, 2.05) is 6.92 Å². The number of halogens is 2. The van der Waals surface area contributed by atoms with Crippen LogP contribution in [0.1, 0.15) is 5.56 Å². The van der Waals surface area contributed by atoms with Crippen molar-refractivity contribution in [1.29, 1.82) is 0 Å². The topological polar surface area (TPSA) is 50.4 Å². The third kappa shape index (κ3) is 4.03. The van der Waals surface area contributed by atoms with Gasteiger partial charge in [0.2, 0.25) is 0 Å². The first kappa shape index (κ1) is 15.5. The molecule has 0 bridgehead atoms. The van der Waals surface area contributed by atoms with Crippen molar-refractivity contribution >= 4 is 40.6 Å². The molecule has 21 heavy (non-hydrogen) atoms. The number of hydrogen-bond acceptors (Lipinski definition) is 2. The van der Waals surface area contributed by atoms with Gasteiger partial charge >= 0.3 is 6.03 Å². The Hall–Kier alpha value is -1.91. The van der Waals surface area contributed by atoms with Crippen LogP contribution < -0.4 is 15.4 Å². The number of hydrogen-bond donors (Lipinski definition) is 2. The lowest BCUT2D eigenvalue weighted by atomic mass is 10.2. The molecule has 2 amide bonds. The van der Waals surface area contributed by atoms with Crippen LogP contribution in [-0.4, -0.2) is 13.1 Å². The lowest BCUT2D eigenvalue weighted by Gasteiger charge is -2.13. The van der Waals surface area contributed by atoms with Crippen molar-refractivity contribution in [3.8, 4) is 5.75 Å². The van der Waals surface area contributed by atoms with Gasteiger partial charge in [-0.2, -0.15) is 0 Å². The molecule has 0 spiro atoms. The van der Waals surface area contributed by atoms with Gasteiger partial charge in [-0.3, -0.25) is 0 Å². The molecule has 0 fully saturated rings. The van der Waals surface area contributed by atoms with E-state index in [0.29, 0.717) is 27.2 Å². The maximum atomic E-state index is 12.0. The zero-order valence-electron chi connectivity index (χ0n) is 11.5. The normalized spacial score (nSPS) is 10.1. The zero-order valence-corrected chi connectivity index (χ0v) is 13.0. The summed E-state index contributed by atoms with van der Waals surface area (Å²) in [5, 5.41) is 6.62. The summed E-state index contributed by atoms with van der Waals surface area (Å²) in [4.78, 5) is 12.0. The van der Waals surface area contributed by atoms with E-state index in [1.54, 1.807) is 36.4 Å². The molecule has 110 valence electrons. The molecule has 0 saturated heterocycles. The highest BCUT2D eigenvalue weighted by Gasteiger charge is 2.10. The second kappa shape index (κ2) is 6.70. The van der Waals surface area contributed by atoms with Gasteiger partial charge in [0, 0.05) is 21.8 Å². The minimum atomic E-state index is -0.377. The van der Waals surface area contributed by atoms with Gasteiger partial charge < -0.3 is 15.4 Å². The van der Waals surface area contributed by atoms with Gasteiger partial charge in [-0.15, -0.1) is 0 Å². The lowest BCUT2D eigenvalue weighted by molar-refractivity contribution is 0.262. The Balaban J connectivity index is 2.12. The molecule has 2 N–H and O–H groups in total. The van der Waals surface area contributed by atoms with Crippen LogP contribution in [0, 0.1) is 6.92 Å². The molecule has 0 heterocycles. The third-order valence-corrected chi connectivity index (χ3v) is 3.49. The highest BCUT2D eigenvalue weighted by Crippen LogP contribution is 2.31. The molecule has 2 rings (SSSR count). The van der Waals surface area contributed by atoms with E-state index in [2.05, 4.69) is 10.6 Å².